The molecule has 0 radical (unpaired) electrons. The maximum atomic E-state index is 5.60. The Balaban J connectivity index is 1.67. The third-order valence-electron chi connectivity index (χ3n) is 2.61. The zero-order chi connectivity index (χ0) is 9.64. The van der Waals surface area contributed by atoms with Gasteiger partial charge in [-0.2, -0.15) is 0 Å². The average molecular weight is 192 g/mol. The van der Waals surface area contributed by atoms with Crippen LogP contribution < -0.4 is 10.1 Å². The van der Waals surface area contributed by atoms with Crippen molar-refractivity contribution in [2.45, 2.75) is 12.8 Å². The molecule has 3 heteroatoms. The van der Waals surface area contributed by atoms with Gasteiger partial charge >= 0.3 is 0 Å². The smallest absolute Gasteiger partial charge is 0.122 e. The minimum atomic E-state index is 0.803. The summed E-state index contributed by atoms with van der Waals surface area (Å²) in [5.41, 5.74) is 0. The van der Waals surface area contributed by atoms with E-state index in [9.17, 15) is 0 Å². The van der Waals surface area contributed by atoms with Gasteiger partial charge in [0.05, 0.1) is 6.61 Å². The highest BCUT2D eigenvalue weighted by Gasteiger charge is 2.13. The number of nitrogens with zero attached hydrogens (tertiary/aromatic N) is 1. The summed E-state index contributed by atoms with van der Waals surface area (Å²) >= 11 is 0. The standard InChI is InChI=1S/C11H16N2O/c1-5-13-9-10(1)4-8-14-11-2-6-12-7-3-11/h2-3,6-7,10,13H,1,4-5,8-9H2. The Hall–Kier alpha value is -1.09. The molecule has 0 saturated carbocycles. The van der Waals surface area contributed by atoms with E-state index in [1.54, 1.807) is 12.4 Å². The fourth-order valence-corrected chi connectivity index (χ4v) is 1.74. The molecule has 1 aromatic rings. The summed E-state index contributed by atoms with van der Waals surface area (Å²) in [5.74, 6) is 1.72. The van der Waals surface area contributed by atoms with Gasteiger partial charge in [-0.05, 0) is 44.0 Å². The van der Waals surface area contributed by atoms with Crippen LogP contribution in [0.3, 0.4) is 0 Å². The number of rotatable bonds is 4. The first-order valence-electron chi connectivity index (χ1n) is 5.19. The largest absolute Gasteiger partial charge is 0.493 e. The Kier molecular flexibility index (Phi) is 3.35. The van der Waals surface area contributed by atoms with E-state index < -0.39 is 0 Å². The van der Waals surface area contributed by atoms with Crippen LogP contribution in [0.15, 0.2) is 24.5 Å². The van der Waals surface area contributed by atoms with Gasteiger partial charge in [0.2, 0.25) is 0 Å². The molecule has 1 aromatic heterocycles. The highest BCUT2D eigenvalue weighted by molar-refractivity contribution is 5.16. The van der Waals surface area contributed by atoms with Crippen molar-refractivity contribution in [1.82, 2.24) is 10.3 Å². The van der Waals surface area contributed by atoms with Crippen LogP contribution in [-0.4, -0.2) is 24.7 Å². The fourth-order valence-electron chi connectivity index (χ4n) is 1.74. The summed E-state index contributed by atoms with van der Waals surface area (Å²) in [4.78, 5) is 3.94. The topological polar surface area (TPSA) is 34.1 Å². The quantitative estimate of drug-likeness (QED) is 0.784. The first-order chi connectivity index (χ1) is 6.95. The van der Waals surface area contributed by atoms with Crippen LogP contribution in [-0.2, 0) is 0 Å². The molecule has 1 fully saturated rings. The maximum absolute atomic E-state index is 5.60. The van der Waals surface area contributed by atoms with Gasteiger partial charge in [0.25, 0.3) is 0 Å². The second-order valence-corrected chi connectivity index (χ2v) is 3.68. The van der Waals surface area contributed by atoms with Crippen LogP contribution in [0.2, 0.25) is 0 Å². The average Bonchev–Trinajstić information content (AvgIpc) is 2.72. The van der Waals surface area contributed by atoms with Crippen molar-refractivity contribution >= 4 is 0 Å². The Bertz CT molecular complexity index is 257. The van der Waals surface area contributed by atoms with E-state index in [-0.39, 0.29) is 0 Å². The third-order valence-corrected chi connectivity index (χ3v) is 2.61. The molecule has 1 aliphatic heterocycles. The van der Waals surface area contributed by atoms with E-state index in [0.29, 0.717) is 0 Å². The lowest BCUT2D eigenvalue weighted by molar-refractivity contribution is 0.283. The first-order valence-corrected chi connectivity index (χ1v) is 5.19. The zero-order valence-electron chi connectivity index (χ0n) is 8.28. The van der Waals surface area contributed by atoms with Crippen molar-refractivity contribution in [3.63, 3.8) is 0 Å². The molecule has 1 atom stereocenters. The normalized spacial score (nSPS) is 21.0. The third kappa shape index (κ3) is 2.70. The van der Waals surface area contributed by atoms with Gasteiger partial charge < -0.3 is 10.1 Å². The van der Waals surface area contributed by atoms with Gasteiger partial charge in [-0.15, -0.1) is 0 Å². The number of hydrogen-bond acceptors (Lipinski definition) is 3. The molecule has 1 unspecified atom stereocenters. The summed E-state index contributed by atoms with van der Waals surface area (Å²) < 4.78 is 5.60. The molecule has 0 spiro atoms. The summed E-state index contributed by atoms with van der Waals surface area (Å²) in [6.45, 7) is 3.13. The van der Waals surface area contributed by atoms with Crippen LogP contribution >= 0.6 is 0 Å². The molecular formula is C11H16N2O. The van der Waals surface area contributed by atoms with Crippen LogP contribution in [0.25, 0.3) is 0 Å². The second kappa shape index (κ2) is 4.96. The minimum Gasteiger partial charge on any atom is -0.493 e. The minimum absolute atomic E-state index is 0.803. The molecule has 14 heavy (non-hydrogen) atoms. The van der Waals surface area contributed by atoms with E-state index in [2.05, 4.69) is 10.3 Å². The summed E-state index contributed by atoms with van der Waals surface area (Å²) in [5, 5.41) is 3.36. The molecule has 0 amide bonds. The van der Waals surface area contributed by atoms with Gasteiger partial charge in [0.1, 0.15) is 5.75 Å². The van der Waals surface area contributed by atoms with Gasteiger partial charge in [-0.1, -0.05) is 0 Å². The van der Waals surface area contributed by atoms with Gasteiger partial charge in [-0.25, -0.2) is 0 Å². The van der Waals surface area contributed by atoms with Crippen LogP contribution in [0, 0.1) is 5.92 Å². The molecule has 1 aliphatic rings. The highest BCUT2D eigenvalue weighted by atomic mass is 16.5. The van der Waals surface area contributed by atoms with Crippen LogP contribution in [0.5, 0.6) is 5.75 Å². The van der Waals surface area contributed by atoms with Crippen LogP contribution in [0.4, 0.5) is 0 Å². The summed E-state index contributed by atoms with van der Waals surface area (Å²) in [7, 11) is 0. The Morgan fingerprint density at radius 2 is 2.29 bits per heavy atom. The SMILES string of the molecule is c1cc(OCCC2CCNC2)ccn1. The molecule has 0 aromatic carbocycles. The van der Waals surface area contributed by atoms with Crippen molar-refractivity contribution < 1.29 is 4.74 Å². The first kappa shape index (κ1) is 9.46. The number of aromatic nitrogens is 1. The van der Waals surface area contributed by atoms with Crippen molar-refractivity contribution in [3.05, 3.63) is 24.5 Å². The van der Waals surface area contributed by atoms with E-state index >= 15 is 0 Å². The molecule has 2 rings (SSSR count). The van der Waals surface area contributed by atoms with Crippen LogP contribution in [0.1, 0.15) is 12.8 Å². The van der Waals surface area contributed by atoms with E-state index in [1.165, 1.54) is 13.0 Å². The number of hydrogen-bond donors (Lipinski definition) is 1. The molecule has 1 N–H and O–H groups in total. The number of ether oxygens (including phenoxy) is 1. The van der Waals surface area contributed by atoms with Crippen molar-refractivity contribution in [1.29, 1.82) is 0 Å². The zero-order valence-corrected chi connectivity index (χ0v) is 8.28. The lowest BCUT2D eigenvalue weighted by atomic mass is 10.1. The predicted molar refractivity (Wildman–Crippen MR) is 55.3 cm³/mol. The Morgan fingerprint density at radius 1 is 1.43 bits per heavy atom. The molecule has 1 saturated heterocycles. The van der Waals surface area contributed by atoms with Gasteiger partial charge in [-0.3, -0.25) is 4.98 Å². The van der Waals surface area contributed by atoms with E-state index in [4.69, 9.17) is 4.74 Å². The lowest BCUT2D eigenvalue weighted by Crippen LogP contribution is -2.11. The molecule has 2 heterocycles. The monoisotopic (exact) mass is 192 g/mol. The number of nitrogens with one attached hydrogen (secondary N) is 1. The lowest BCUT2D eigenvalue weighted by Gasteiger charge is -2.09. The molecule has 0 bridgehead atoms. The van der Waals surface area contributed by atoms with Crippen molar-refractivity contribution in [2.75, 3.05) is 19.7 Å². The molecule has 76 valence electrons. The summed E-state index contributed by atoms with van der Waals surface area (Å²) in [6.07, 6.45) is 5.95. The van der Waals surface area contributed by atoms with E-state index in [1.807, 2.05) is 12.1 Å². The van der Waals surface area contributed by atoms with Crippen molar-refractivity contribution in [2.24, 2.45) is 5.92 Å². The summed E-state index contributed by atoms with van der Waals surface area (Å²) in [6, 6.07) is 3.79. The Morgan fingerprint density at radius 3 is 3.00 bits per heavy atom. The van der Waals surface area contributed by atoms with Gasteiger partial charge in [0.15, 0.2) is 0 Å². The van der Waals surface area contributed by atoms with Crippen molar-refractivity contribution in [3.8, 4) is 5.75 Å². The molecular weight excluding hydrogens is 176 g/mol. The Labute approximate surface area is 84.5 Å². The molecule has 3 nitrogen and oxygen atoms in total. The number of pyridine rings is 1. The van der Waals surface area contributed by atoms with Gasteiger partial charge in [0, 0.05) is 12.4 Å². The maximum Gasteiger partial charge on any atom is 0.122 e. The highest BCUT2D eigenvalue weighted by Crippen LogP contribution is 2.13. The van der Waals surface area contributed by atoms with E-state index in [0.717, 1.165) is 31.2 Å². The fraction of sp³-hybridized carbons (Fsp3) is 0.545. The predicted octanol–water partition coefficient (Wildman–Crippen LogP) is 1.46. The molecule has 0 aliphatic carbocycles. The second-order valence-electron chi connectivity index (χ2n) is 3.68.